The second kappa shape index (κ2) is 5.46. The van der Waals surface area contributed by atoms with Crippen LogP contribution in [0.4, 0.5) is 0 Å². The molecule has 2 unspecified atom stereocenters. The van der Waals surface area contributed by atoms with Crippen LogP contribution in [0, 0.1) is 16.7 Å². The van der Waals surface area contributed by atoms with Crippen molar-refractivity contribution < 1.29 is 5.11 Å². The monoisotopic (exact) mass is 283 g/mol. The molecule has 2 aliphatic rings. The first-order valence-corrected chi connectivity index (χ1v) is 8.36. The number of hydrogen-bond donors (Lipinski definition) is 1. The third-order valence-corrected chi connectivity index (χ3v) is 5.84. The Morgan fingerprint density at radius 1 is 1.10 bits per heavy atom. The molecule has 2 aliphatic carbocycles. The first-order chi connectivity index (χ1) is 10.1. The van der Waals surface area contributed by atoms with Crippen molar-refractivity contribution >= 4 is 0 Å². The molecule has 0 aromatic heterocycles. The van der Waals surface area contributed by atoms with Crippen molar-refractivity contribution in [3.63, 3.8) is 0 Å². The van der Waals surface area contributed by atoms with Gasteiger partial charge in [0.2, 0.25) is 0 Å². The second-order valence-corrected chi connectivity index (χ2v) is 7.00. The number of benzene rings is 1. The van der Waals surface area contributed by atoms with E-state index in [0.717, 1.165) is 44.1 Å². The summed E-state index contributed by atoms with van der Waals surface area (Å²) in [4.78, 5) is 0. The average Bonchev–Trinajstić information content (AvgIpc) is 2.78. The van der Waals surface area contributed by atoms with Gasteiger partial charge in [-0.15, -0.1) is 0 Å². The molecule has 0 bridgehead atoms. The summed E-state index contributed by atoms with van der Waals surface area (Å²) in [7, 11) is 0. The molecule has 1 fully saturated rings. The van der Waals surface area contributed by atoms with E-state index in [-0.39, 0.29) is 0 Å². The van der Waals surface area contributed by atoms with E-state index in [1.807, 2.05) is 12.1 Å². The Balaban J connectivity index is 2.11. The molecule has 2 heteroatoms. The van der Waals surface area contributed by atoms with Gasteiger partial charge in [0, 0.05) is 0 Å². The van der Waals surface area contributed by atoms with Crippen molar-refractivity contribution in [1.82, 2.24) is 0 Å². The summed E-state index contributed by atoms with van der Waals surface area (Å²) < 4.78 is 0. The Labute approximate surface area is 127 Å². The van der Waals surface area contributed by atoms with Gasteiger partial charge in [-0.1, -0.05) is 56.9 Å². The lowest BCUT2D eigenvalue weighted by Crippen LogP contribution is -2.47. The summed E-state index contributed by atoms with van der Waals surface area (Å²) >= 11 is 0. The molecule has 3 rings (SSSR count). The van der Waals surface area contributed by atoms with Crippen molar-refractivity contribution in [2.24, 2.45) is 5.41 Å². The van der Waals surface area contributed by atoms with Crippen molar-refractivity contribution in [1.29, 1.82) is 5.26 Å². The van der Waals surface area contributed by atoms with E-state index < -0.39 is 11.0 Å². The molecule has 2 nitrogen and oxygen atoms in total. The van der Waals surface area contributed by atoms with Crippen LogP contribution < -0.4 is 0 Å². The molecule has 0 spiro atoms. The van der Waals surface area contributed by atoms with Crippen LogP contribution in [0.2, 0.25) is 0 Å². The van der Waals surface area contributed by atoms with Crippen LogP contribution in [-0.2, 0) is 5.60 Å². The Kier molecular flexibility index (Phi) is 3.80. The van der Waals surface area contributed by atoms with Gasteiger partial charge in [0.05, 0.1) is 11.5 Å². The van der Waals surface area contributed by atoms with Crippen LogP contribution in [0.3, 0.4) is 0 Å². The van der Waals surface area contributed by atoms with Gasteiger partial charge in [0.1, 0.15) is 5.60 Å². The molecule has 0 amide bonds. The fraction of sp³-hybridized carbons (Fsp3) is 0.632. The summed E-state index contributed by atoms with van der Waals surface area (Å²) in [5.41, 5.74) is 0.701. The minimum atomic E-state index is -0.963. The van der Waals surface area contributed by atoms with Gasteiger partial charge in [-0.25, -0.2) is 0 Å². The highest BCUT2D eigenvalue weighted by Crippen LogP contribution is 2.55. The van der Waals surface area contributed by atoms with Gasteiger partial charge in [-0.3, -0.25) is 0 Å². The van der Waals surface area contributed by atoms with Gasteiger partial charge >= 0.3 is 0 Å². The second-order valence-electron chi connectivity index (χ2n) is 7.00. The maximum Gasteiger partial charge on any atom is 0.108 e. The molecule has 0 radical (unpaired) electrons. The molecule has 0 aliphatic heterocycles. The minimum Gasteiger partial charge on any atom is -0.383 e. The van der Waals surface area contributed by atoms with Crippen LogP contribution in [0.5, 0.6) is 0 Å². The molecule has 1 N–H and O–H groups in total. The van der Waals surface area contributed by atoms with E-state index >= 15 is 0 Å². The van der Waals surface area contributed by atoms with Crippen molar-refractivity contribution in [2.75, 3.05) is 0 Å². The lowest BCUT2D eigenvalue weighted by atomic mass is 9.59. The number of nitriles is 1. The molecule has 2 atom stereocenters. The molecular weight excluding hydrogens is 258 g/mol. The highest BCUT2D eigenvalue weighted by molar-refractivity contribution is 5.40. The molecule has 21 heavy (non-hydrogen) atoms. The Morgan fingerprint density at radius 3 is 2.43 bits per heavy atom. The molecule has 0 heterocycles. The Hall–Kier alpha value is -1.33. The highest BCUT2D eigenvalue weighted by atomic mass is 16.3. The normalized spacial score (nSPS) is 31.8. The van der Waals surface area contributed by atoms with E-state index in [1.165, 1.54) is 18.4 Å². The van der Waals surface area contributed by atoms with Crippen LogP contribution >= 0.6 is 0 Å². The maximum absolute atomic E-state index is 11.6. The zero-order valence-corrected chi connectivity index (χ0v) is 12.9. The largest absolute Gasteiger partial charge is 0.383 e. The van der Waals surface area contributed by atoms with Gasteiger partial charge < -0.3 is 5.11 Å². The van der Waals surface area contributed by atoms with Crippen molar-refractivity contribution in [2.45, 2.75) is 69.8 Å². The summed E-state index contributed by atoms with van der Waals surface area (Å²) in [6.45, 7) is 2.23. The third-order valence-electron chi connectivity index (χ3n) is 5.84. The third kappa shape index (κ3) is 2.19. The van der Waals surface area contributed by atoms with Crippen LogP contribution in [0.1, 0.15) is 75.3 Å². The molecule has 1 saturated carbocycles. The predicted molar refractivity (Wildman–Crippen MR) is 83.7 cm³/mol. The lowest BCUT2D eigenvalue weighted by Gasteiger charge is -2.47. The zero-order valence-electron chi connectivity index (χ0n) is 12.9. The predicted octanol–water partition coefficient (Wildman–Crippen LogP) is 4.64. The first-order valence-electron chi connectivity index (χ1n) is 8.36. The summed E-state index contributed by atoms with van der Waals surface area (Å²) in [5.74, 6) is 0.475. The van der Waals surface area contributed by atoms with Gasteiger partial charge in [-0.2, -0.15) is 5.26 Å². The first kappa shape index (κ1) is 14.6. The number of nitrogens with zero attached hydrogens (tertiary/aromatic N) is 1. The smallest absolute Gasteiger partial charge is 0.108 e. The molecule has 0 saturated heterocycles. The number of rotatable bonds is 1. The molecule has 1 aromatic rings. The summed E-state index contributed by atoms with van der Waals surface area (Å²) in [6.07, 6.45) is 7.87. The van der Waals surface area contributed by atoms with Crippen LogP contribution in [-0.4, -0.2) is 5.11 Å². The fourth-order valence-corrected chi connectivity index (χ4v) is 4.47. The fourth-order valence-electron chi connectivity index (χ4n) is 4.47. The van der Waals surface area contributed by atoms with Crippen LogP contribution in [0.15, 0.2) is 24.3 Å². The van der Waals surface area contributed by atoms with Gasteiger partial charge in [-0.05, 0) is 42.7 Å². The SMILES string of the molecule is CC1CCC(O)(C2(C#N)CCCCCC2)c2ccccc21. The topological polar surface area (TPSA) is 44.0 Å². The summed E-state index contributed by atoms with van der Waals surface area (Å²) in [6, 6.07) is 10.8. The highest BCUT2D eigenvalue weighted by Gasteiger charge is 2.53. The number of hydrogen-bond acceptors (Lipinski definition) is 2. The molecular formula is C19H25NO. The average molecular weight is 283 g/mol. The van der Waals surface area contributed by atoms with Gasteiger partial charge in [0.25, 0.3) is 0 Å². The van der Waals surface area contributed by atoms with E-state index in [4.69, 9.17) is 0 Å². The maximum atomic E-state index is 11.6. The van der Waals surface area contributed by atoms with Gasteiger partial charge in [0.15, 0.2) is 0 Å². The van der Waals surface area contributed by atoms with Crippen molar-refractivity contribution in [3.8, 4) is 6.07 Å². The number of aliphatic hydroxyl groups is 1. The van der Waals surface area contributed by atoms with E-state index in [1.54, 1.807) is 0 Å². The minimum absolute atomic E-state index is 0.475. The Morgan fingerprint density at radius 2 is 1.76 bits per heavy atom. The van der Waals surface area contributed by atoms with E-state index in [0.29, 0.717) is 5.92 Å². The summed E-state index contributed by atoms with van der Waals surface area (Å²) in [5, 5.41) is 21.6. The Bertz CT molecular complexity index is 551. The quantitative estimate of drug-likeness (QED) is 0.763. The standard InChI is InChI=1S/C19H25NO/c1-15-10-13-19(21,17-9-5-4-8-16(15)17)18(14-20)11-6-2-3-7-12-18/h4-5,8-9,15,21H,2-3,6-7,10-13H2,1H3. The number of fused-ring (bicyclic) bond motifs is 1. The van der Waals surface area contributed by atoms with Crippen molar-refractivity contribution in [3.05, 3.63) is 35.4 Å². The molecule has 1 aromatic carbocycles. The van der Waals surface area contributed by atoms with Crippen LogP contribution in [0.25, 0.3) is 0 Å². The lowest BCUT2D eigenvalue weighted by molar-refractivity contribution is -0.0846. The van der Waals surface area contributed by atoms with E-state index in [9.17, 15) is 10.4 Å². The molecule has 112 valence electrons. The zero-order chi connectivity index (χ0) is 14.9. The van der Waals surface area contributed by atoms with E-state index in [2.05, 4.69) is 25.1 Å².